The van der Waals surface area contributed by atoms with E-state index < -0.39 is 0 Å². The molecule has 0 bridgehead atoms. The van der Waals surface area contributed by atoms with Crippen molar-refractivity contribution in [3.63, 3.8) is 0 Å². The second-order valence-electron chi connectivity index (χ2n) is 7.97. The number of likely N-dealkylation sites (tertiary alicyclic amines) is 1. The molecule has 2 unspecified atom stereocenters. The molecule has 0 aromatic rings. The molecule has 0 aromatic heterocycles. The van der Waals surface area contributed by atoms with Crippen LogP contribution in [0.4, 0.5) is 0 Å². The van der Waals surface area contributed by atoms with Crippen molar-refractivity contribution >= 4 is 5.91 Å². The number of nitrogens with one attached hydrogen (secondary N) is 1. The fraction of sp³-hybridized carbons (Fsp3) is 0.842. The van der Waals surface area contributed by atoms with Gasteiger partial charge in [-0.1, -0.05) is 38.3 Å². The Morgan fingerprint density at radius 1 is 1.18 bits per heavy atom. The molecular formula is C19H34N2O. The van der Waals surface area contributed by atoms with Crippen LogP contribution in [-0.4, -0.2) is 37.0 Å². The highest BCUT2D eigenvalue weighted by Crippen LogP contribution is 2.59. The Kier molecular flexibility index (Phi) is 6.08. The van der Waals surface area contributed by atoms with Gasteiger partial charge >= 0.3 is 0 Å². The van der Waals surface area contributed by atoms with Crippen molar-refractivity contribution in [2.45, 2.75) is 59.8 Å². The highest BCUT2D eigenvalue weighted by atomic mass is 16.2. The minimum absolute atomic E-state index is 0.131. The molecular weight excluding hydrogens is 272 g/mol. The Balaban J connectivity index is 1.67. The molecule has 2 fully saturated rings. The van der Waals surface area contributed by atoms with Crippen LogP contribution in [0.15, 0.2) is 11.6 Å². The molecule has 0 radical (unpaired) electrons. The smallest absolute Gasteiger partial charge is 0.224 e. The summed E-state index contributed by atoms with van der Waals surface area (Å²) in [5, 5.41) is 3.16. The van der Waals surface area contributed by atoms with Crippen LogP contribution in [0, 0.1) is 17.3 Å². The van der Waals surface area contributed by atoms with Gasteiger partial charge in [0, 0.05) is 6.54 Å². The van der Waals surface area contributed by atoms with Gasteiger partial charge in [0.05, 0.1) is 5.92 Å². The van der Waals surface area contributed by atoms with E-state index in [9.17, 15) is 4.79 Å². The van der Waals surface area contributed by atoms with Gasteiger partial charge in [-0.3, -0.25) is 4.79 Å². The van der Waals surface area contributed by atoms with Crippen molar-refractivity contribution in [3.05, 3.63) is 11.6 Å². The first-order valence-electron chi connectivity index (χ1n) is 9.08. The summed E-state index contributed by atoms with van der Waals surface area (Å²) in [6.07, 6.45) is 8.79. The molecule has 2 atom stereocenters. The van der Waals surface area contributed by atoms with Gasteiger partial charge in [0.1, 0.15) is 0 Å². The normalized spacial score (nSPS) is 27.8. The summed E-state index contributed by atoms with van der Waals surface area (Å²) in [5.41, 5.74) is 1.45. The number of amides is 1. The van der Waals surface area contributed by atoms with Crippen LogP contribution in [0.25, 0.3) is 0 Å². The monoisotopic (exact) mass is 306 g/mol. The number of carbonyl (C=O) groups is 1. The van der Waals surface area contributed by atoms with Gasteiger partial charge in [-0.05, 0) is 64.1 Å². The lowest BCUT2D eigenvalue weighted by Crippen LogP contribution is -2.32. The summed E-state index contributed by atoms with van der Waals surface area (Å²) < 4.78 is 0. The van der Waals surface area contributed by atoms with E-state index in [2.05, 4.69) is 44.0 Å². The Hall–Kier alpha value is -0.830. The maximum Gasteiger partial charge on any atom is 0.224 e. The molecule has 3 nitrogen and oxygen atoms in total. The van der Waals surface area contributed by atoms with E-state index >= 15 is 0 Å². The van der Waals surface area contributed by atoms with Crippen LogP contribution in [0.2, 0.25) is 0 Å². The van der Waals surface area contributed by atoms with E-state index in [1.54, 1.807) is 0 Å². The van der Waals surface area contributed by atoms with Gasteiger partial charge < -0.3 is 10.2 Å². The Labute approximate surface area is 136 Å². The molecule has 3 heteroatoms. The van der Waals surface area contributed by atoms with E-state index in [4.69, 9.17) is 0 Å². The van der Waals surface area contributed by atoms with Crippen molar-refractivity contribution in [2.24, 2.45) is 17.3 Å². The zero-order valence-corrected chi connectivity index (χ0v) is 15.0. The van der Waals surface area contributed by atoms with Crippen molar-refractivity contribution in [3.8, 4) is 0 Å². The highest BCUT2D eigenvalue weighted by Gasteiger charge is 2.60. The first-order chi connectivity index (χ1) is 10.4. The zero-order valence-electron chi connectivity index (χ0n) is 15.0. The van der Waals surface area contributed by atoms with Crippen molar-refractivity contribution in [1.29, 1.82) is 0 Å². The topological polar surface area (TPSA) is 32.3 Å². The molecule has 126 valence electrons. The minimum atomic E-state index is 0.131. The number of allylic oxidation sites excluding steroid dienone is 2. The minimum Gasteiger partial charge on any atom is -0.356 e. The maximum absolute atomic E-state index is 12.4. The number of rotatable bonds is 6. The molecule has 1 amide bonds. The lowest BCUT2D eigenvalue weighted by atomic mass is 10.1. The average Bonchev–Trinajstić information content (AvgIpc) is 3.07. The molecule has 1 saturated carbocycles. The Morgan fingerprint density at radius 2 is 1.82 bits per heavy atom. The molecule has 1 aliphatic carbocycles. The Bertz CT molecular complexity index is 402. The number of hydrogen-bond acceptors (Lipinski definition) is 2. The zero-order chi connectivity index (χ0) is 16.2. The van der Waals surface area contributed by atoms with Crippen LogP contribution in [0.5, 0.6) is 0 Å². The van der Waals surface area contributed by atoms with Crippen molar-refractivity contribution in [1.82, 2.24) is 10.2 Å². The SMILES string of the molecule is CC(C)=CC1C(C(=O)NCCCN2CCCCCC2)C1(C)C. The summed E-state index contributed by atoms with van der Waals surface area (Å²) >= 11 is 0. The largest absolute Gasteiger partial charge is 0.356 e. The Morgan fingerprint density at radius 3 is 2.41 bits per heavy atom. The second-order valence-corrected chi connectivity index (χ2v) is 7.97. The molecule has 1 aliphatic heterocycles. The van der Waals surface area contributed by atoms with Crippen LogP contribution < -0.4 is 5.32 Å². The summed E-state index contributed by atoms with van der Waals surface area (Å²) in [5.74, 6) is 0.840. The molecule has 0 aromatic carbocycles. The molecule has 2 aliphatic rings. The lowest BCUT2D eigenvalue weighted by molar-refractivity contribution is -0.123. The van der Waals surface area contributed by atoms with E-state index in [0.717, 1.165) is 19.5 Å². The quantitative estimate of drug-likeness (QED) is 0.600. The predicted octanol–water partition coefficient (Wildman–Crippen LogP) is 3.61. The van der Waals surface area contributed by atoms with E-state index in [1.165, 1.54) is 44.3 Å². The number of nitrogens with zero attached hydrogens (tertiary/aromatic N) is 1. The van der Waals surface area contributed by atoms with Crippen molar-refractivity contribution in [2.75, 3.05) is 26.2 Å². The van der Waals surface area contributed by atoms with Gasteiger partial charge in [0.15, 0.2) is 0 Å². The number of carbonyl (C=O) groups excluding carboxylic acids is 1. The molecule has 2 rings (SSSR count). The van der Waals surface area contributed by atoms with Gasteiger partial charge in [-0.2, -0.15) is 0 Å². The van der Waals surface area contributed by atoms with Gasteiger partial charge in [0.25, 0.3) is 0 Å². The summed E-state index contributed by atoms with van der Waals surface area (Å²) in [6.45, 7) is 13.1. The van der Waals surface area contributed by atoms with Crippen LogP contribution in [0.3, 0.4) is 0 Å². The van der Waals surface area contributed by atoms with Gasteiger partial charge in [-0.25, -0.2) is 0 Å². The molecule has 0 spiro atoms. The van der Waals surface area contributed by atoms with E-state index in [0.29, 0.717) is 5.92 Å². The first kappa shape index (κ1) is 17.5. The van der Waals surface area contributed by atoms with Crippen LogP contribution >= 0.6 is 0 Å². The average molecular weight is 306 g/mol. The molecule has 1 saturated heterocycles. The van der Waals surface area contributed by atoms with Crippen LogP contribution in [0.1, 0.15) is 59.8 Å². The lowest BCUT2D eigenvalue weighted by Gasteiger charge is -2.19. The molecule has 1 N–H and O–H groups in total. The third kappa shape index (κ3) is 4.58. The third-order valence-electron chi connectivity index (χ3n) is 5.36. The summed E-state index contributed by atoms with van der Waals surface area (Å²) in [6, 6.07) is 0. The predicted molar refractivity (Wildman–Crippen MR) is 92.7 cm³/mol. The van der Waals surface area contributed by atoms with Gasteiger partial charge in [0.2, 0.25) is 5.91 Å². The maximum atomic E-state index is 12.4. The van der Waals surface area contributed by atoms with E-state index in [1.807, 2.05) is 0 Å². The third-order valence-corrected chi connectivity index (χ3v) is 5.36. The standard InChI is InChI=1S/C19H34N2O/c1-15(2)14-16-17(19(16,3)4)18(22)20-10-9-13-21-11-7-5-6-8-12-21/h14,16-17H,5-13H2,1-4H3,(H,20,22). The van der Waals surface area contributed by atoms with E-state index in [-0.39, 0.29) is 17.2 Å². The van der Waals surface area contributed by atoms with Crippen LogP contribution in [-0.2, 0) is 4.79 Å². The summed E-state index contributed by atoms with van der Waals surface area (Å²) in [7, 11) is 0. The molecule has 22 heavy (non-hydrogen) atoms. The molecule has 1 heterocycles. The fourth-order valence-electron chi connectivity index (χ4n) is 3.83. The van der Waals surface area contributed by atoms with Crippen molar-refractivity contribution < 1.29 is 4.79 Å². The first-order valence-corrected chi connectivity index (χ1v) is 9.08. The van der Waals surface area contributed by atoms with Gasteiger partial charge in [-0.15, -0.1) is 0 Å². The number of hydrogen-bond donors (Lipinski definition) is 1. The second kappa shape index (κ2) is 7.63. The highest BCUT2D eigenvalue weighted by molar-refractivity contribution is 5.83. The fourth-order valence-corrected chi connectivity index (χ4v) is 3.83. The summed E-state index contributed by atoms with van der Waals surface area (Å²) in [4.78, 5) is 14.9.